The molecule has 2 amide bonds. The van der Waals surface area contributed by atoms with Crippen LogP contribution >= 0.6 is 12.2 Å². The summed E-state index contributed by atoms with van der Waals surface area (Å²) in [5.41, 5.74) is 7.06. The molecule has 0 bridgehead atoms. The van der Waals surface area contributed by atoms with E-state index in [-0.39, 0.29) is 5.11 Å². The number of methoxy groups -OCH3 is 2. The van der Waals surface area contributed by atoms with Crippen molar-refractivity contribution in [2.75, 3.05) is 30.6 Å². The fourth-order valence-electron chi connectivity index (χ4n) is 1.22. The molecule has 0 saturated carbocycles. The van der Waals surface area contributed by atoms with E-state index in [1.165, 1.54) is 20.3 Å². The molecule has 0 spiro atoms. The molecule has 0 aliphatic heterocycles. The molecule has 1 rings (SSSR count). The molecule has 0 heterocycles. The molecule has 9 heteroatoms. The van der Waals surface area contributed by atoms with Crippen LogP contribution in [-0.2, 0) is 9.47 Å². The third-order valence-electron chi connectivity index (χ3n) is 2.13. The van der Waals surface area contributed by atoms with Crippen molar-refractivity contribution < 1.29 is 19.1 Å². The van der Waals surface area contributed by atoms with Gasteiger partial charge in [-0.3, -0.25) is 10.6 Å². The van der Waals surface area contributed by atoms with Crippen molar-refractivity contribution in [2.45, 2.75) is 0 Å². The van der Waals surface area contributed by atoms with Crippen LogP contribution in [0.2, 0.25) is 0 Å². The molecular weight excluding hydrogens is 284 g/mol. The molecule has 1 aromatic carbocycles. The minimum atomic E-state index is -0.690. The molecule has 0 aromatic heterocycles. The standard InChI is InChI=1S/C11H14N4O4S/c1-18-10(16)13-6-3-4-8(7(12)5-6)14-9(20)15-11(17)19-2/h3-5H,12H2,1-2H3,(H,13,16)(H2,14,15,17,20). The molecule has 0 aliphatic carbocycles. The Balaban J connectivity index is 2.71. The molecule has 5 N–H and O–H groups in total. The highest BCUT2D eigenvalue weighted by Gasteiger charge is 2.07. The van der Waals surface area contributed by atoms with Crippen LogP contribution in [-0.4, -0.2) is 31.5 Å². The summed E-state index contributed by atoms with van der Waals surface area (Å²) in [6, 6.07) is 4.70. The van der Waals surface area contributed by atoms with Crippen molar-refractivity contribution in [3.05, 3.63) is 18.2 Å². The second-order valence-corrected chi connectivity index (χ2v) is 3.90. The third-order valence-corrected chi connectivity index (χ3v) is 2.34. The highest BCUT2D eigenvalue weighted by Crippen LogP contribution is 2.22. The van der Waals surface area contributed by atoms with Crippen molar-refractivity contribution in [3.8, 4) is 0 Å². The van der Waals surface area contributed by atoms with Crippen molar-refractivity contribution in [1.29, 1.82) is 0 Å². The summed E-state index contributed by atoms with van der Waals surface area (Å²) in [4.78, 5) is 22.0. The number of ether oxygens (including phenoxy) is 2. The van der Waals surface area contributed by atoms with Gasteiger partial charge in [-0.2, -0.15) is 0 Å². The number of nitrogens with one attached hydrogen (secondary N) is 3. The minimum absolute atomic E-state index is 0.0391. The molecule has 0 aliphatic rings. The van der Waals surface area contributed by atoms with Gasteiger partial charge >= 0.3 is 12.2 Å². The molecular formula is C11H14N4O4S. The van der Waals surface area contributed by atoms with E-state index in [9.17, 15) is 9.59 Å². The van der Waals surface area contributed by atoms with Gasteiger partial charge in [-0.1, -0.05) is 0 Å². The number of thiocarbonyl (C=S) groups is 1. The van der Waals surface area contributed by atoms with Gasteiger partial charge in [-0.25, -0.2) is 9.59 Å². The lowest BCUT2D eigenvalue weighted by atomic mass is 10.2. The Morgan fingerprint density at radius 3 is 2.35 bits per heavy atom. The van der Waals surface area contributed by atoms with Crippen LogP contribution in [0, 0.1) is 0 Å². The fourth-order valence-corrected chi connectivity index (χ4v) is 1.41. The van der Waals surface area contributed by atoms with Crippen LogP contribution in [0.4, 0.5) is 26.7 Å². The van der Waals surface area contributed by atoms with Crippen LogP contribution in [0.15, 0.2) is 18.2 Å². The van der Waals surface area contributed by atoms with Gasteiger partial charge in [-0.15, -0.1) is 0 Å². The van der Waals surface area contributed by atoms with Gasteiger partial charge in [0, 0.05) is 5.69 Å². The van der Waals surface area contributed by atoms with E-state index in [1.54, 1.807) is 12.1 Å². The van der Waals surface area contributed by atoms with E-state index >= 15 is 0 Å². The van der Waals surface area contributed by atoms with Crippen molar-refractivity contribution in [3.63, 3.8) is 0 Å². The largest absolute Gasteiger partial charge is 0.453 e. The van der Waals surface area contributed by atoms with Gasteiger partial charge in [0.1, 0.15) is 0 Å². The monoisotopic (exact) mass is 298 g/mol. The number of nitrogen functional groups attached to an aromatic ring is 1. The Morgan fingerprint density at radius 2 is 1.80 bits per heavy atom. The van der Waals surface area contributed by atoms with Gasteiger partial charge in [0.15, 0.2) is 5.11 Å². The van der Waals surface area contributed by atoms with Crippen LogP contribution in [0.3, 0.4) is 0 Å². The zero-order valence-electron chi connectivity index (χ0n) is 10.9. The SMILES string of the molecule is COC(=O)NC(=S)Nc1ccc(NC(=O)OC)cc1N. The number of hydrogen-bond donors (Lipinski definition) is 4. The molecule has 1 aromatic rings. The van der Waals surface area contributed by atoms with Gasteiger partial charge in [0.25, 0.3) is 0 Å². The van der Waals surface area contributed by atoms with E-state index in [0.29, 0.717) is 17.1 Å². The first-order valence-electron chi connectivity index (χ1n) is 5.36. The molecule has 0 unspecified atom stereocenters. The predicted octanol–water partition coefficient (Wildman–Crippen LogP) is 1.50. The number of amides is 2. The lowest BCUT2D eigenvalue weighted by Gasteiger charge is -2.12. The first-order valence-corrected chi connectivity index (χ1v) is 5.77. The maximum absolute atomic E-state index is 11.0. The van der Waals surface area contributed by atoms with Crippen LogP contribution in [0.1, 0.15) is 0 Å². The average molecular weight is 298 g/mol. The maximum atomic E-state index is 11.0. The Hall–Kier alpha value is -2.55. The average Bonchev–Trinajstić information content (AvgIpc) is 2.41. The minimum Gasteiger partial charge on any atom is -0.453 e. The second-order valence-electron chi connectivity index (χ2n) is 3.49. The topological polar surface area (TPSA) is 115 Å². The van der Waals surface area contributed by atoms with E-state index in [2.05, 4.69) is 25.4 Å². The number of anilines is 3. The Bertz CT molecular complexity index is 535. The number of benzene rings is 1. The molecule has 8 nitrogen and oxygen atoms in total. The summed E-state index contributed by atoms with van der Waals surface area (Å²) in [6.07, 6.45) is -1.29. The fraction of sp³-hybridized carbons (Fsp3) is 0.182. The first-order chi connectivity index (χ1) is 9.46. The van der Waals surface area contributed by atoms with Crippen LogP contribution in [0.5, 0.6) is 0 Å². The lowest BCUT2D eigenvalue weighted by Crippen LogP contribution is -2.34. The summed E-state index contributed by atoms with van der Waals surface area (Å²) in [6.45, 7) is 0. The Morgan fingerprint density at radius 1 is 1.15 bits per heavy atom. The summed E-state index contributed by atoms with van der Waals surface area (Å²) in [7, 11) is 2.48. The predicted molar refractivity (Wildman–Crippen MR) is 78.6 cm³/mol. The van der Waals surface area contributed by atoms with Crippen molar-refractivity contribution >= 4 is 46.6 Å². The number of rotatable bonds is 2. The van der Waals surface area contributed by atoms with Crippen LogP contribution in [0.25, 0.3) is 0 Å². The number of carbonyl (C=O) groups is 2. The van der Waals surface area contributed by atoms with Gasteiger partial charge in [0.05, 0.1) is 25.6 Å². The maximum Gasteiger partial charge on any atom is 0.413 e. The Kier molecular flexibility index (Phi) is 5.54. The van der Waals surface area contributed by atoms with Gasteiger partial charge in [0.2, 0.25) is 0 Å². The van der Waals surface area contributed by atoms with Crippen molar-refractivity contribution in [1.82, 2.24) is 5.32 Å². The van der Waals surface area contributed by atoms with Gasteiger partial charge in [-0.05, 0) is 30.4 Å². The summed E-state index contributed by atoms with van der Waals surface area (Å²) < 4.78 is 8.85. The number of alkyl carbamates (subject to hydrolysis) is 1. The highest BCUT2D eigenvalue weighted by molar-refractivity contribution is 7.80. The molecule has 0 atom stereocenters. The molecule has 20 heavy (non-hydrogen) atoms. The number of nitrogens with two attached hydrogens (primary N) is 1. The summed E-state index contributed by atoms with van der Waals surface area (Å²) >= 11 is 4.89. The Labute approximate surface area is 120 Å². The second kappa shape index (κ2) is 7.14. The van der Waals surface area contributed by atoms with E-state index in [0.717, 1.165) is 0 Å². The molecule has 0 saturated heterocycles. The normalized spacial score (nSPS) is 9.30. The van der Waals surface area contributed by atoms with Crippen LogP contribution < -0.4 is 21.7 Å². The number of carbonyl (C=O) groups excluding carboxylic acids is 2. The van der Waals surface area contributed by atoms with E-state index < -0.39 is 12.2 Å². The zero-order chi connectivity index (χ0) is 15.1. The summed E-state index contributed by atoms with van der Waals surface area (Å²) in [5.74, 6) is 0. The molecule has 0 radical (unpaired) electrons. The first kappa shape index (κ1) is 15.5. The smallest absolute Gasteiger partial charge is 0.413 e. The molecule has 0 fully saturated rings. The summed E-state index contributed by atoms with van der Waals surface area (Å²) in [5, 5.41) is 7.50. The third kappa shape index (κ3) is 4.61. The quantitative estimate of drug-likeness (QED) is 0.483. The van der Waals surface area contributed by atoms with E-state index in [4.69, 9.17) is 18.0 Å². The van der Waals surface area contributed by atoms with Crippen molar-refractivity contribution in [2.24, 2.45) is 0 Å². The number of hydrogen-bond acceptors (Lipinski definition) is 6. The zero-order valence-corrected chi connectivity index (χ0v) is 11.7. The lowest BCUT2D eigenvalue weighted by molar-refractivity contribution is 0.177. The van der Waals surface area contributed by atoms with E-state index in [1.807, 2.05) is 0 Å². The molecule has 108 valence electrons. The van der Waals surface area contributed by atoms with Gasteiger partial charge < -0.3 is 20.5 Å². The highest BCUT2D eigenvalue weighted by atomic mass is 32.1.